The number of hydrogen-bond acceptors (Lipinski definition) is 5. The smallest absolute Gasteiger partial charge is 0.268 e. The predicted octanol–water partition coefficient (Wildman–Crippen LogP) is 4.91. The molecule has 2 heterocycles. The maximum atomic E-state index is 11.9. The van der Waals surface area contributed by atoms with Crippen molar-refractivity contribution in [3.8, 4) is 11.5 Å². The summed E-state index contributed by atoms with van der Waals surface area (Å²) in [6.45, 7) is 13.0. The molecule has 0 radical (unpaired) electrons. The molecule has 0 bridgehead atoms. The number of carbonyl (C=O) groups excluding carboxylic acids is 1. The molecule has 9 nitrogen and oxygen atoms in total. The van der Waals surface area contributed by atoms with Gasteiger partial charge in [0.2, 0.25) is 5.91 Å². The van der Waals surface area contributed by atoms with E-state index < -0.39 is 0 Å². The van der Waals surface area contributed by atoms with Crippen molar-refractivity contribution in [2.75, 3.05) is 0 Å². The molecule has 0 aliphatic carbocycles. The Morgan fingerprint density at radius 1 is 0.744 bits per heavy atom. The van der Waals surface area contributed by atoms with Gasteiger partial charge in [-0.05, 0) is 76.9 Å². The van der Waals surface area contributed by atoms with Crippen LogP contribution in [-0.2, 0) is 12.8 Å². The molecule has 208 valence electrons. The fourth-order valence-electron chi connectivity index (χ4n) is 4.08. The van der Waals surface area contributed by atoms with Crippen molar-refractivity contribution in [3.05, 3.63) is 103 Å². The molecule has 0 saturated carbocycles. The van der Waals surface area contributed by atoms with Gasteiger partial charge in [-0.25, -0.2) is 4.68 Å². The highest BCUT2D eigenvalue weighted by Gasteiger charge is 2.14. The Labute approximate surface area is 228 Å². The molecule has 2 aromatic heterocycles. The lowest BCUT2D eigenvalue weighted by molar-refractivity contribution is 0.0918. The van der Waals surface area contributed by atoms with Crippen molar-refractivity contribution < 1.29 is 14.3 Å². The first-order chi connectivity index (χ1) is 18.4. The number of aryl methyl sites for hydroxylation is 1. The number of nitrogens with zero attached hydrogens (tertiary/aromatic N) is 1. The van der Waals surface area contributed by atoms with Crippen LogP contribution in [0, 0.1) is 13.8 Å². The van der Waals surface area contributed by atoms with Gasteiger partial charge in [-0.1, -0.05) is 24.3 Å². The van der Waals surface area contributed by atoms with Crippen molar-refractivity contribution >= 4 is 5.91 Å². The minimum absolute atomic E-state index is 0.0463. The zero-order chi connectivity index (χ0) is 28.7. The molecule has 39 heavy (non-hydrogen) atoms. The van der Waals surface area contributed by atoms with Gasteiger partial charge in [-0.2, -0.15) is 0 Å². The van der Waals surface area contributed by atoms with Crippen LogP contribution in [0.3, 0.4) is 0 Å². The second kappa shape index (κ2) is 13.0. The molecule has 0 amide bonds. The molecule has 0 aliphatic rings. The normalized spacial score (nSPS) is 10.9. The molecule has 0 unspecified atom stereocenters. The quantitative estimate of drug-likeness (QED) is 0.296. The molecule has 2 aromatic carbocycles. The first-order valence-electron chi connectivity index (χ1n) is 13.0. The van der Waals surface area contributed by atoms with Gasteiger partial charge in [0, 0.05) is 42.3 Å². The van der Waals surface area contributed by atoms with Crippen LogP contribution >= 0.6 is 0 Å². The second-order valence-electron chi connectivity index (χ2n) is 10.0. The van der Waals surface area contributed by atoms with Crippen LogP contribution < -0.4 is 20.6 Å². The van der Waals surface area contributed by atoms with Gasteiger partial charge in [-0.3, -0.25) is 24.6 Å². The topological polar surface area (TPSA) is 122 Å². The molecule has 0 saturated heterocycles. The Bertz CT molecular complexity index is 1490. The first-order valence-corrected chi connectivity index (χ1v) is 13.0. The van der Waals surface area contributed by atoms with Gasteiger partial charge < -0.3 is 14.6 Å². The van der Waals surface area contributed by atoms with E-state index in [1.807, 2.05) is 83.1 Å². The lowest BCUT2D eigenvalue weighted by Crippen LogP contribution is -2.12. The monoisotopic (exact) mass is 534 g/mol. The van der Waals surface area contributed by atoms with Crippen LogP contribution in [0.4, 0.5) is 0 Å². The standard InChI is InChI=1S/C16H20N2O3.C14H18N2O2/c1-10(2)21-14-7-5-13(6-8-14)9-15-11(3)18(12(4)19)17-16(15)20;1-9(2)18-12-6-4-11(5-7-12)8-13-10(3)15-16-14(13)17/h5-8,10H,9H2,1-4H3,(H,17,20);4-7,9H,8H2,1-3H3,(H2,15,16,17). The molecular weight excluding hydrogens is 496 g/mol. The van der Waals surface area contributed by atoms with E-state index in [1.165, 1.54) is 11.6 Å². The average molecular weight is 535 g/mol. The maximum Gasteiger partial charge on any atom is 0.268 e. The molecule has 4 rings (SSSR count). The van der Waals surface area contributed by atoms with Gasteiger partial charge in [-0.15, -0.1) is 0 Å². The van der Waals surface area contributed by atoms with Gasteiger partial charge >= 0.3 is 0 Å². The third kappa shape index (κ3) is 8.10. The number of rotatable bonds is 8. The SMILES string of the molecule is CC(=O)n1[nH]c(=O)c(Cc2ccc(OC(C)C)cc2)c1C.Cc1[nH][nH]c(=O)c1Cc1ccc(OC(C)C)cc1. The number of aromatic amines is 3. The van der Waals surface area contributed by atoms with Gasteiger partial charge in [0.15, 0.2) is 0 Å². The summed E-state index contributed by atoms with van der Waals surface area (Å²) >= 11 is 0. The van der Waals surface area contributed by atoms with Crippen LogP contribution in [0.1, 0.15) is 73.1 Å². The van der Waals surface area contributed by atoms with E-state index in [9.17, 15) is 14.4 Å². The van der Waals surface area contributed by atoms with E-state index in [0.717, 1.165) is 33.9 Å². The van der Waals surface area contributed by atoms with E-state index in [-0.39, 0.29) is 29.2 Å². The Morgan fingerprint density at radius 2 is 1.21 bits per heavy atom. The van der Waals surface area contributed by atoms with Crippen LogP contribution in [0.15, 0.2) is 58.1 Å². The Morgan fingerprint density at radius 3 is 1.56 bits per heavy atom. The van der Waals surface area contributed by atoms with E-state index in [2.05, 4.69) is 15.3 Å². The molecule has 4 aromatic rings. The minimum atomic E-state index is -0.217. The van der Waals surface area contributed by atoms with Crippen molar-refractivity contribution in [3.63, 3.8) is 0 Å². The summed E-state index contributed by atoms with van der Waals surface area (Å²) in [4.78, 5) is 34.9. The summed E-state index contributed by atoms with van der Waals surface area (Å²) in [5.41, 5.74) is 4.79. The van der Waals surface area contributed by atoms with E-state index in [0.29, 0.717) is 24.1 Å². The third-order valence-electron chi connectivity index (χ3n) is 6.02. The average Bonchev–Trinajstić information content (AvgIpc) is 3.34. The van der Waals surface area contributed by atoms with Gasteiger partial charge in [0.1, 0.15) is 11.5 Å². The summed E-state index contributed by atoms with van der Waals surface area (Å²) < 4.78 is 12.4. The summed E-state index contributed by atoms with van der Waals surface area (Å²) in [6, 6.07) is 15.5. The Hall–Kier alpha value is -4.27. The van der Waals surface area contributed by atoms with Crippen LogP contribution in [0.5, 0.6) is 11.5 Å². The molecule has 0 fully saturated rings. The first kappa shape index (κ1) is 29.3. The van der Waals surface area contributed by atoms with Crippen molar-refractivity contribution in [2.24, 2.45) is 0 Å². The molecule has 0 aliphatic heterocycles. The highest BCUT2D eigenvalue weighted by Crippen LogP contribution is 2.17. The van der Waals surface area contributed by atoms with Crippen LogP contribution in [0.25, 0.3) is 0 Å². The summed E-state index contributed by atoms with van der Waals surface area (Å²) in [6.07, 6.45) is 1.42. The predicted molar refractivity (Wildman–Crippen MR) is 152 cm³/mol. The zero-order valence-corrected chi connectivity index (χ0v) is 23.7. The number of ether oxygens (including phenoxy) is 2. The zero-order valence-electron chi connectivity index (χ0n) is 23.7. The Kier molecular flexibility index (Phi) is 9.76. The summed E-state index contributed by atoms with van der Waals surface area (Å²) in [5, 5.41) is 7.98. The lowest BCUT2D eigenvalue weighted by Gasteiger charge is -2.10. The van der Waals surface area contributed by atoms with Crippen molar-refractivity contribution in [1.82, 2.24) is 20.0 Å². The van der Waals surface area contributed by atoms with E-state index in [1.54, 1.807) is 6.92 Å². The Balaban J connectivity index is 0.000000218. The summed E-state index contributed by atoms with van der Waals surface area (Å²) in [7, 11) is 0. The number of H-pyrrole nitrogens is 3. The number of aromatic nitrogens is 4. The fraction of sp³-hybridized carbons (Fsp3) is 0.367. The van der Waals surface area contributed by atoms with Gasteiger partial charge in [0.05, 0.1) is 12.2 Å². The highest BCUT2D eigenvalue weighted by molar-refractivity contribution is 5.76. The van der Waals surface area contributed by atoms with Crippen molar-refractivity contribution in [1.29, 1.82) is 0 Å². The third-order valence-corrected chi connectivity index (χ3v) is 6.02. The highest BCUT2D eigenvalue weighted by atomic mass is 16.5. The number of nitrogens with one attached hydrogen (secondary N) is 3. The minimum Gasteiger partial charge on any atom is -0.491 e. The number of carbonyl (C=O) groups is 1. The molecule has 9 heteroatoms. The lowest BCUT2D eigenvalue weighted by atomic mass is 10.1. The van der Waals surface area contributed by atoms with E-state index >= 15 is 0 Å². The molecule has 0 atom stereocenters. The molecular formula is C30H38N4O5. The van der Waals surface area contributed by atoms with Crippen molar-refractivity contribution in [2.45, 2.75) is 73.5 Å². The molecule has 0 spiro atoms. The summed E-state index contributed by atoms with van der Waals surface area (Å²) in [5.74, 6) is 1.46. The maximum absolute atomic E-state index is 11.9. The number of benzene rings is 2. The van der Waals surface area contributed by atoms with Crippen LogP contribution in [-0.4, -0.2) is 38.1 Å². The van der Waals surface area contributed by atoms with Gasteiger partial charge in [0.25, 0.3) is 11.1 Å². The largest absolute Gasteiger partial charge is 0.491 e. The fourth-order valence-corrected chi connectivity index (χ4v) is 4.08. The molecule has 3 N–H and O–H groups in total. The van der Waals surface area contributed by atoms with Crippen LogP contribution in [0.2, 0.25) is 0 Å². The second-order valence-corrected chi connectivity index (χ2v) is 10.0. The number of hydrogen-bond donors (Lipinski definition) is 3. The van der Waals surface area contributed by atoms with E-state index in [4.69, 9.17) is 9.47 Å².